The lowest BCUT2D eigenvalue weighted by Crippen LogP contribution is -2.51. The maximum absolute atomic E-state index is 12.0. The molecule has 140 valence electrons. The molecule has 26 heavy (non-hydrogen) atoms. The van der Waals surface area contributed by atoms with Crippen LogP contribution < -0.4 is 10.6 Å². The Bertz CT molecular complexity index is 680. The van der Waals surface area contributed by atoms with Crippen LogP contribution in [-0.4, -0.2) is 67.0 Å². The molecule has 0 bridgehead atoms. The molecular weight excluding hydrogens is 350 g/mol. The third-order valence-corrected chi connectivity index (χ3v) is 5.79. The number of nitrogens with two attached hydrogens (primary N) is 1. The first-order valence-electron chi connectivity index (χ1n) is 9.45. The van der Waals surface area contributed by atoms with Crippen LogP contribution in [0.15, 0.2) is 29.3 Å². The van der Waals surface area contributed by atoms with Crippen LogP contribution in [-0.2, 0) is 4.79 Å². The lowest BCUT2D eigenvalue weighted by atomic mass is 10.1. The number of carbonyl (C=O) groups is 1. The van der Waals surface area contributed by atoms with Crippen molar-refractivity contribution in [1.82, 2.24) is 9.80 Å². The zero-order valence-corrected chi connectivity index (χ0v) is 15.7. The number of likely N-dealkylation sites (tertiary alicyclic amines) is 1. The van der Waals surface area contributed by atoms with Gasteiger partial charge in [0.15, 0.2) is 5.96 Å². The van der Waals surface area contributed by atoms with E-state index < -0.39 is 0 Å². The van der Waals surface area contributed by atoms with E-state index in [0.29, 0.717) is 36.8 Å². The molecule has 1 amide bonds. The van der Waals surface area contributed by atoms with E-state index in [1.54, 1.807) is 0 Å². The van der Waals surface area contributed by atoms with E-state index >= 15 is 0 Å². The van der Waals surface area contributed by atoms with Gasteiger partial charge in [0.05, 0.1) is 0 Å². The van der Waals surface area contributed by atoms with Crippen molar-refractivity contribution in [2.75, 3.05) is 44.2 Å². The van der Waals surface area contributed by atoms with E-state index in [0.717, 1.165) is 37.7 Å². The molecule has 4 rings (SSSR count). The van der Waals surface area contributed by atoms with Crippen LogP contribution in [0.5, 0.6) is 0 Å². The second-order valence-corrected chi connectivity index (χ2v) is 7.93. The highest BCUT2D eigenvalue weighted by Crippen LogP contribution is 2.32. The normalized spacial score (nSPS) is 24.5. The van der Waals surface area contributed by atoms with Gasteiger partial charge >= 0.3 is 0 Å². The maximum atomic E-state index is 12.0. The first kappa shape index (κ1) is 17.5. The molecule has 3 fully saturated rings. The highest BCUT2D eigenvalue weighted by atomic mass is 35.5. The Morgan fingerprint density at radius 1 is 1.15 bits per heavy atom. The number of benzene rings is 1. The first-order valence-corrected chi connectivity index (χ1v) is 9.83. The van der Waals surface area contributed by atoms with Gasteiger partial charge in [0, 0.05) is 68.4 Å². The number of aliphatic imine (C=N–C) groups is 1. The van der Waals surface area contributed by atoms with E-state index in [-0.39, 0.29) is 0 Å². The fraction of sp³-hybridized carbons (Fsp3) is 0.579. The summed E-state index contributed by atoms with van der Waals surface area (Å²) in [6.45, 7) is 5.04. The van der Waals surface area contributed by atoms with Gasteiger partial charge in [-0.25, -0.2) is 0 Å². The van der Waals surface area contributed by atoms with E-state index in [1.807, 2.05) is 17.0 Å². The summed E-state index contributed by atoms with van der Waals surface area (Å²) in [7, 11) is 0. The Labute approximate surface area is 159 Å². The van der Waals surface area contributed by atoms with Gasteiger partial charge in [-0.3, -0.25) is 9.79 Å². The molecule has 1 aromatic carbocycles. The number of anilines is 1. The van der Waals surface area contributed by atoms with Gasteiger partial charge < -0.3 is 20.4 Å². The predicted molar refractivity (Wildman–Crippen MR) is 105 cm³/mol. The molecule has 2 saturated heterocycles. The molecule has 0 aromatic heterocycles. The zero-order chi connectivity index (χ0) is 18.1. The van der Waals surface area contributed by atoms with Gasteiger partial charge in [-0.2, -0.15) is 0 Å². The standard InChI is InChI=1S/C19H26ClN5O/c20-15-1-3-16(4-2-15)23-7-9-24(10-8-23)19(21)22-12-14-11-18(26)25(13-14)17-5-6-17/h1-4,14,17H,5-13H2,(H2,21,22). The molecular formula is C19H26ClN5O. The average molecular weight is 376 g/mol. The summed E-state index contributed by atoms with van der Waals surface area (Å²) in [5.74, 6) is 1.22. The molecule has 0 spiro atoms. The minimum Gasteiger partial charge on any atom is -0.370 e. The zero-order valence-electron chi connectivity index (χ0n) is 15.0. The largest absolute Gasteiger partial charge is 0.370 e. The minimum atomic E-state index is 0.294. The molecule has 0 radical (unpaired) electrons. The highest BCUT2D eigenvalue weighted by molar-refractivity contribution is 6.30. The van der Waals surface area contributed by atoms with Crippen LogP contribution in [0, 0.1) is 5.92 Å². The van der Waals surface area contributed by atoms with Crippen molar-refractivity contribution in [3.8, 4) is 0 Å². The van der Waals surface area contributed by atoms with E-state index in [1.165, 1.54) is 18.5 Å². The molecule has 2 N–H and O–H groups in total. The molecule has 1 aromatic rings. The minimum absolute atomic E-state index is 0.294. The topological polar surface area (TPSA) is 65.2 Å². The molecule has 1 saturated carbocycles. The number of carbonyl (C=O) groups excluding carboxylic acids is 1. The maximum Gasteiger partial charge on any atom is 0.223 e. The van der Waals surface area contributed by atoms with Crippen molar-refractivity contribution >= 4 is 29.2 Å². The van der Waals surface area contributed by atoms with E-state index in [9.17, 15) is 4.79 Å². The van der Waals surface area contributed by atoms with Gasteiger partial charge in [-0.15, -0.1) is 0 Å². The predicted octanol–water partition coefficient (Wildman–Crippen LogP) is 1.79. The number of nitrogens with zero attached hydrogens (tertiary/aromatic N) is 4. The van der Waals surface area contributed by atoms with Crippen LogP contribution in [0.4, 0.5) is 5.69 Å². The smallest absolute Gasteiger partial charge is 0.223 e. The van der Waals surface area contributed by atoms with Crippen molar-refractivity contribution in [2.45, 2.75) is 25.3 Å². The van der Waals surface area contributed by atoms with Crippen LogP contribution in [0.25, 0.3) is 0 Å². The van der Waals surface area contributed by atoms with Crippen LogP contribution in [0.1, 0.15) is 19.3 Å². The summed E-state index contributed by atoms with van der Waals surface area (Å²) in [6.07, 6.45) is 2.96. The number of piperazine rings is 1. The second kappa shape index (κ2) is 7.35. The van der Waals surface area contributed by atoms with Gasteiger partial charge in [-0.1, -0.05) is 11.6 Å². The summed E-state index contributed by atoms with van der Waals surface area (Å²) >= 11 is 5.96. The number of rotatable bonds is 4. The van der Waals surface area contributed by atoms with Crippen molar-refractivity contribution < 1.29 is 4.79 Å². The lowest BCUT2D eigenvalue weighted by molar-refractivity contribution is -0.128. The summed E-state index contributed by atoms with van der Waals surface area (Å²) in [4.78, 5) is 23.1. The lowest BCUT2D eigenvalue weighted by Gasteiger charge is -2.36. The summed E-state index contributed by atoms with van der Waals surface area (Å²) in [5, 5.41) is 0.759. The number of hydrogen-bond donors (Lipinski definition) is 1. The van der Waals surface area contributed by atoms with Crippen LogP contribution >= 0.6 is 11.6 Å². The Kier molecular flexibility index (Phi) is 4.94. The molecule has 2 heterocycles. The number of halogens is 1. The molecule has 6 nitrogen and oxygen atoms in total. The fourth-order valence-corrected chi connectivity index (χ4v) is 3.96. The molecule has 1 unspecified atom stereocenters. The van der Waals surface area contributed by atoms with Gasteiger partial charge in [0.1, 0.15) is 0 Å². The molecule has 1 aliphatic carbocycles. The Balaban J connectivity index is 1.26. The SMILES string of the molecule is NC(=NCC1CC(=O)N(C2CC2)C1)N1CCN(c2ccc(Cl)cc2)CC1. The molecule has 7 heteroatoms. The Morgan fingerprint density at radius 2 is 1.85 bits per heavy atom. The van der Waals surface area contributed by atoms with Gasteiger partial charge in [0.25, 0.3) is 0 Å². The van der Waals surface area contributed by atoms with Crippen molar-refractivity contribution in [3.05, 3.63) is 29.3 Å². The third-order valence-electron chi connectivity index (χ3n) is 5.53. The Hall–Kier alpha value is -1.95. The number of hydrogen-bond acceptors (Lipinski definition) is 3. The highest BCUT2D eigenvalue weighted by Gasteiger charge is 2.39. The van der Waals surface area contributed by atoms with Crippen LogP contribution in [0.3, 0.4) is 0 Å². The van der Waals surface area contributed by atoms with Gasteiger partial charge in [0.2, 0.25) is 5.91 Å². The summed E-state index contributed by atoms with van der Waals surface area (Å²) in [6, 6.07) is 8.46. The van der Waals surface area contributed by atoms with E-state index in [4.69, 9.17) is 17.3 Å². The van der Waals surface area contributed by atoms with Crippen molar-refractivity contribution in [3.63, 3.8) is 0 Å². The van der Waals surface area contributed by atoms with E-state index in [2.05, 4.69) is 26.9 Å². The average Bonchev–Trinajstić information content (AvgIpc) is 3.43. The van der Waals surface area contributed by atoms with Crippen molar-refractivity contribution in [1.29, 1.82) is 0 Å². The number of amides is 1. The summed E-state index contributed by atoms with van der Waals surface area (Å²) in [5.41, 5.74) is 7.40. The van der Waals surface area contributed by atoms with Gasteiger partial charge in [-0.05, 0) is 37.1 Å². The molecule has 1 atom stereocenters. The second-order valence-electron chi connectivity index (χ2n) is 7.50. The first-order chi connectivity index (χ1) is 12.6. The number of guanidine groups is 1. The fourth-order valence-electron chi connectivity index (χ4n) is 3.84. The quantitative estimate of drug-likeness (QED) is 0.643. The third kappa shape index (κ3) is 3.90. The van der Waals surface area contributed by atoms with Crippen molar-refractivity contribution in [2.24, 2.45) is 16.6 Å². The molecule has 3 aliphatic rings. The summed E-state index contributed by atoms with van der Waals surface area (Å²) < 4.78 is 0. The van der Waals surface area contributed by atoms with Crippen LogP contribution in [0.2, 0.25) is 5.02 Å². The monoisotopic (exact) mass is 375 g/mol. The Morgan fingerprint density at radius 3 is 2.50 bits per heavy atom. The molecule has 2 aliphatic heterocycles.